The van der Waals surface area contributed by atoms with Gasteiger partial charge in [-0.1, -0.05) is 0 Å². The molecule has 1 fully saturated rings. The van der Waals surface area contributed by atoms with Crippen molar-refractivity contribution in [3.63, 3.8) is 0 Å². The van der Waals surface area contributed by atoms with Gasteiger partial charge in [-0.15, -0.1) is 0 Å². The van der Waals surface area contributed by atoms with E-state index in [-0.39, 0.29) is 12.4 Å². The standard InChI is InChI=1S/C16H21N3O6/c1-25-6-2-5-17-9-18(7-10-3-4-10)19-8-11(16(23)24)13(20)14(21)12(19)15(17)22/h8,10,21H,2-7,9H2,1H3,(H,23,24). The molecule has 0 saturated heterocycles. The maximum absolute atomic E-state index is 12.7. The van der Waals surface area contributed by atoms with Crippen molar-refractivity contribution in [3.05, 3.63) is 27.7 Å². The molecule has 9 heteroatoms. The molecule has 1 aromatic heterocycles. The highest BCUT2D eigenvalue weighted by Gasteiger charge is 2.36. The van der Waals surface area contributed by atoms with Crippen LogP contribution in [0.4, 0.5) is 0 Å². The molecule has 2 N–H and O–H groups in total. The third-order valence-electron chi connectivity index (χ3n) is 4.47. The Hall–Kier alpha value is -2.55. The number of aromatic carboxylic acids is 1. The zero-order valence-corrected chi connectivity index (χ0v) is 14.0. The van der Waals surface area contributed by atoms with E-state index in [9.17, 15) is 24.6 Å². The number of amides is 1. The second kappa shape index (κ2) is 6.75. The minimum absolute atomic E-state index is 0.181. The van der Waals surface area contributed by atoms with E-state index < -0.39 is 28.6 Å². The highest BCUT2D eigenvalue weighted by atomic mass is 16.5. The number of hydrogen-bond acceptors (Lipinski definition) is 6. The average Bonchev–Trinajstić information content (AvgIpc) is 3.38. The van der Waals surface area contributed by atoms with Gasteiger partial charge in [0.1, 0.15) is 12.2 Å². The first-order valence-electron chi connectivity index (χ1n) is 8.19. The summed E-state index contributed by atoms with van der Waals surface area (Å²) < 4.78 is 6.33. The summed E-state index contributed by atoms with van der Waals surface area (Å²) in [6, 6.07) is 0. The van der Waals surface area contributed by atoms with E-state index in [0.717, 1.165) is 19.0 Å². The van der Waals surface area contributed by atoms with Crippen molar-refractivity contribution in [1.82, 2.24) is 9.58 Å². The van der Waals surface area contributed by atoms with Crippen molar-refractivity contribution in [2.45, 2.75) is 19.3 Å². The van der Waals surface area contributed by atoms with Crippen LogP contribution in [0, 0.1) is 5.92 Å². The summed E-state index contributed by atoms with van der Waals surface area (Å²) in [5.41, 5.74) is -1.78. The highest BCUT2D eigenvalue weighted by Crippen LogP contribution is 2.31. The first-order chi connectivity index (χ1) is 11.9. The molecule has 2 aliphatic rings. The van der Waals surface area contributed by atoms with Crippen molar-refractivity contribution in [3.8, 4) is 5.75 Å². The van der Waals surface area contributed by atoms with Crippen LogP contribution < -0.4 is 10.4 Å². The van der Waals surface area contributed by atoms with Crippen molar-refractivity contribution >= 4 is 11.9 Å². The van der Waals surface area contributed by atoms with Crippen LogP contribution in [-0.2, 0) is 4.74 Å². The SMILES string of the molecule is COCCCN1CN(CC2CC2)n2cc(C(=O)O)c(=O)c(O)c2C1=O. The molecule has 1 amide bonds. The summed E-state index contributed by atoms with van der Waals surface area (Å²) in [6.45, 7) is 1.81. The minimum Gasteiger partial charge on any atom is -0.502 e. The fourth-order valence-electron chi connectivity index (χ4n) is 2.96. The molecule has 9 nitrogen and oxygen atoms in total. The summed E-state index contributed by atoms with van der Waals surface area (Å²) in [5, 5.41) is 21.2. The lowest BCUT2D eigenvalue weighted by Crippen LogP contribution is -2.55. The molecule has 0 radical (unpaired) electrons. The fraction of sp³-hybridized carbons (Fsp3) is 0.562. The predicted molar refractivity (Wildman–Crippen MR) is 87.5 cm³/mol. The van der Waals surface area contributed by atoms with Gasteiger partial charge in [0.15, 0.2) is 11.4 Å². The Morgan fingerprint density at radius 1 is 1.36 bits per heavy atom. The van der Waals surface area contributed by atoms with E-state index >= 15 is 0 Å². The number of ether oxygens (including phenoxy) is 1. The number of aromatic nitrogens is 1. The van der Waals surface area contributed by atoms with Crippen molar-refractivity contribution < 1.29 is 24.5 Å². The first-order valence-corrected chi connectivity index (χ1v) is 8.19. The number of carboxylic acids is 1. The number of carbonyl (C=O) groups excluding carboxylic acids is 1. The monoisotopic (exact) mass is 351 g/mol. The predicted octanol–water partition coefficient (Wildman–Crippen LogP) is 0.0499. The van der Waals surface area contributed by atoms with E-state index in [1.54, 1.807) is 12.1 Å². The molecule has 0 unspecified atom stereocenters. The van der Waals surface area contributed by atoms with Gasteiger partial charge >= 0.3 is 5.97 Å². The van der Waals surface area contributed by atoms with Gasteiger partial charge in [0, 0.05) is 33.0 Å². The number of aromatic hydroxyl groups is 1. The van der Waals surface area contributed by atoms with E-state index in [1.165, 1.54) is 9.58 Å². The molecule has 0 bridgehead atoms. The van der Waals surface area contributed by atoms with Gasteiger partial charge in [-0.2, -0.15) is 0 Å². The van der Waals surface area contributed by atoms with E-state index in [1.807, 2.05) is 0 Å². The molecule has 136 valence electrons. The van der Waals surface area contributed by atoms with E-state index in [2.05, 4.69) is 0 Å². The summed E-state index contributed by atoms with van der Waals surface area (Å²) >= 11 is 0. The third kappa shape index (κ3) is 3.32. The molecule has 1 aliphatic heterocycles. The zero-order chi connectivity index (χ0) is 18.1. The maximum Gasteiger partial charge on any atom is 0.341 e. The molecule has 0 atom stereocenters. The quantitative estimate of drug-likeness (QED) is 0.668. The van der Waals surface area contributed by atoms with Crippen molar-refractivity contribution in [1.29, 1.82) is 0 Å². The van der Waals surface area contributed by atoms with Crippen LogP contribution in [0.2, 0.25) is 0 Å². The van der Waals surface area contributed by atoms with Gasteiger partial charge < -0.3 is 19.8 Å². The van der Waals surface area contributed by atoms with E-state index in [4.69, 9.17) is 4.74 Å². The van der Waals surface area contributed by atoms with Crippen LogP contribution in [0.3, 0.4) is 0 Å². The molecule has 1 saturated carbocycles. The van der Waals surface area contributed by atoms with Gasteiger partial charge in [0.05, 0.1) is 0 Å². The summed E-state index contributed by atoms with van der Waals surface area (Å²) in [6.07, 6.45) is 3.90. The summed E-state index contributed by atoms with van der Waals surface area (Å²) in [7, 11) is 1.57. The fourth-order valence-corrected chi connectivity index (χ4v) is 2.96. The van der Waals surface area contributed by atoms with Gasteiger partial charge in [-0.05, 0) is 25.2 Å². The molecular formula is C16H21N3O6. The second-order valence-electron chi connectivity index (χ2n) is 6.41. The number of fused-ring (bicyclic) bond motifs is 1. The van der Waals surface area contributed by atoms with Crippen LogP contribution >= 0.6 is 0 Å². The van der Waals surface area contributed by atoms with Crippen LogP contribution in [-0.4, -0.2) is 65.1 Å². The topological polar surface area (TPSA) is 112 Å². The maximum atomic E-state index is 12.7. The number of rotatable bonds is 7. The molecule has 25 heavy (non-hydrogen) atoms. The Labute approximate surface area is 144 Å². The number of carbonyl (C=O) groups is 2. The Balaban J connectivity index is 2.01. The van der Waals surface area contributed by atoms with Crippen LogP contribution in [0.1, 0.15) is 40.1 Å². The van der Waals surface area contributed by atoms with Crippen LogP contribution in [0.15, 0.2) is 11.0 Å². The van der Waals surface area contributed by atoms with Gasteiger partial charge in [0.2, 0.25) is 5.43 Å². The summed E-state index contributed by atoms with van der Waals surface area (Å²) in [5.74, 6) is -2.27. The number of pyridine rings is 1. The molecular weight excluding hydrogens is 330 g/mol. The number of hydrogen-bond donors (Lipinski definition) is 2. The number of methoxy groups -OCH3 is 1. The van der Waals surface area contributed by atoms with E-state index in [0.29, 0.717) is 32.0 Å². The lowest BCUT2D eigenvalue weighted by atomic mass is 10.2. The Morgan fingerprint density at radius 2 is 2.08 bits per heavy atom. The normalized spacial score (nSPS) is 16.9. The Kier molecular flexibility index (Phi) is 4.67. The molecule has 1 aromatic rings. The lowest BCUT2D eigenvalue weighted by Gasteiger charge is -2.40. The molecule has 2 heterocycles. The van der Waals surface area contributed by atoms with Crippen molar-refractivity contribution in [2.75, 3.05) is 38.5 Å². The first kappa shape index (κ1) is 17.3. The number of carboxylic acid groups (broad SMARTS) is 1. The number of nitrogens with zero attached hydrogens (tertiary/aromatic N) is 3. The Morgan fingerprint density at radius 3 is 2.68 bits per heavy atom. The second-order valence-corrected chi connectivity index (χ2v) is 6.41. The summed E-state index contributed by atoms with van der Waals surface area (Å²) in [4.78, 5) is 37.6. The molecule has 1 aliphatic carbocycles. The third-order valence-corrected chi connectivity index (χ3v) is 4.47. The van der Waals surface area contributed by atoms with Crippen LogP contribution in [0.25, 0.3) is 0 Å². The minimum atomic E-state index is -1.43. The highest BCUT2D eigenvalue weighted by molar-refractivity contribution is 5.97. The van der Waals surface area contributed by atoms with Gasteiger partial charge in [0.25, 0.3) is 5.91 Å². The Bertz CT molecular complexity index is 755. The smallest absolute Gasteiger partial charge is 0.341 e. The molecule has 0 aromatic carbocycles. The van der Waals surface area contributed by atoms with Gasteiger partial charge in [-0.25, -0.2) is 4.79 Å². The van der Waals surface area contributed by atoms with Gasteiger partial charge in [-0.3, -0.25) is 19.3 Å². The molecule has 3 rings (SSSR count). The average molecular weight is 351 g/mol. The van der Waals surface area contributed by atoms with Crippen molar-refractivity contribution in [2.24, 2.45) is 5.92 Å². The largest absolute Gasteiger partial charge is 0.502 e. The van der Waals surface area contributed by atoms with Crippen LogP contribution in [0.5, 0.6) is 5.75 Å². The lowest BCUT2D eigenvalue weighted by molar-refractivity contribution is 0.0651. The molecule has 0 spiro atoms. The zero-order valence-electron chi connectivity index (χ0n) is 14.0.